The molecule has 0 bridgehead atoms. The summed E-state index contributed by atoms with van der Waals surface area (Å²) in [7, 11) is 0. The van der Waals surface area contributed by atoms with Crippen LogP contribution in [0, 0.1) is 0 Å². The van der Waals surface area contributed by atoms with Crippen molar-refractivity contribution in [2.24, 2.45) is 0 Å². The summed E-state index contributed by atoms with van der Waals surface area (Å²) in [5, 5.41) is -0.225. The van der Waals surface area contributed by atoms with Gasteiger partial charge in [-0.1, -0.05) is 11.6 Å². The number of alkyl halides is 3. The molecule has 0 radical (unpaired) electrons. The van der Waals surface area contributed by atoms with Gasteiger partial charge < -0.3 is 14.4 Å². The summed E-state index contributed by atoms with van der Waals surface area (Å²) in [6, 6.07) is 0.527. The topological polar surface area (TPSA) is 51.7 Å². The Hall–Kier alpha value is -1.70. The first-order valence-corrected chi connectivity index (χ1v) is 8.20. The fourth-order valence-electron chi connectivity index (χ4n) is 2.43. The van der Waals surface area contributed by atoms with E-state index in [2.05, 4.69) is 4.98 Å². The summed E-state index contributed by atoms with van der Waals surface area (Å²) in [5.74, 6) is -0.0919. The van der Waals surface area contributed by atoms with Gasteiger partial charge in [-0.05, 0) is 39.7 Å². The second-order valence-electron chi connectivity index (χ2n) is 6.79. The average Bonchev–Trinajstić information content (AvgIpc) is 2.91. The number of halogens is 4. The van der Waals surface area contributed by atoms with E-state index in [0.29, 0.717) is 19.2 Å². The van der Waals surface area contributed by atoms with Crippen LogP contribution in [-0.4, -0.2) is 40.8 Å². The number of carbonyl (C=O) groups is 1. The Bertz CT molecular complexity index is 632. The maximum atomic E-state index is 12.6. The lowest BCUT2D eigenvalue weighted by atomic mass is 10.2. The molecule has 0 aromatic carbocycles. The molecule has 2 heterocycles. The number of rotatable bonds is 3. The fraction of sp³-hybridized carbons (Fsp3) is 0.625. The first-order chi connectivity index (χ1) is 11.5. The Kier molecular flexibility index (Phi) is 5.71. The smallest absolute Gasteiger partial charge is 0.417 e. The van der Waals surface area contributed by atoms with E-state index < -0.39 is 23.4 Å². The molecule has 1 amide bonds. The lowest BCUT2D eigenvalue weighted by Crippen LogP contribution is -2.42. The monoisotopic (exact) mass is 380 g/mol. The van der Waals surface area contributed by atoms with Crippen LogP contribution in [0.3, 0.4) is 0 Å². The molecule has 1 aliphatic rings. The zero-order valence-electron chi connectivity index (χ0n) is 14.2. The molecule has 0 aliphatic carbocycles. The van der Waals surface area contributed by atoms with Crippen molar-refractivity contribution in [1.82, 2.24) is 9.88 Å². The molecule has 25 heavy (non-hydrogen) atoms. The number of aromatic nitrogens is 1. The largest absolute Gasteiger partial charge is 0.474 e. The minimum Gasteiger partial charge on any atom is -0.474 e. The number of hydrogen-bond acceptors (Lipinski definition) is 4. The molecule has 1 fully saturated rings. The number of nitrogens with zero attached hydrogens (tertiary/aromatic N) is 2. The van der Waals surface area contributed by atoms with Crippen molar-refractivity contribution in [3.63, 3.8) is 0 Å². The Morgan fingerprint density at radius 2 is 2.08 bits per heavy atom. The molecule has 1 atom stereocenters. The summed E-state index contributed by atoms with van der Waals surface area (Å²) in [5.41, 5.74) is -1.55. The first kappa shape index (κ1) is 19.6. The van der Waals surface area contributed by atoms with E-state index in [-0.39, 0.29) is 23.6 Å². The lowest BCUT2D eigenvalue weighted by Gasteiger charge is -2.28. The van der Waals surface area contributed by atoms with Crippen molar-refractivity contribution < 1.29 is 27.4 Å². The molecule has 5 nitrogen and oxygen atoms in total. The van der Waals surface area contributed by atoms with Gasteiger partial charge in [-0.25, -0.2) is 9.78 Å². The average molecular weight is 381 g/mol. The maximum Gasteiger partial charge on any atom is 0.417 e. The van der Waals surface area contributed by atoms with Crippen molar-refractivity contribution >= 4 is 17.7 Å². The Morgan fingerprint density at radius 1 is 1.40 bits per heavy atom. The van der Waals surface area contributed by atoms with Gasteiger partial charge in [0, 0.05) is 12.7 Å². The van der Waals surface area contributed by atoms with Gasteiger partial charge in [0.1, 0.15) is 17.2 Å². The van der Waals surface area contributed by atoms with Crippen LogP contribution in [-0.2, 0) is 10.9 Å². The highest BCUT2D eigenvalue weighted by atomic mass is 35.5. The second kappa shape index (κ2) is 7.27. The number of hydrogen-bond donors (Lipinski definition) is 0. The minimum atomic E-state index is -4.52. The molecular weight excluding hydrogens is 361 g/mol. The SMILES string of the molecule is CC(C)(C)OC(=O)N1CCC[C@@H]1COc1ncc(C(F)(F)F)cc1Cl. The van der Waals surface area contributed by atoms with Crippen LogP contribution in [0.15, 0.2) is 12.3 Å². The zero-order chi connectivity index (χ0) is 18.8. The number of amides is 1. The van der Waals surface area contributed by atoms with E-state index in [0.717, 1.165) is 12.5 Å². The van der Waals surface area contributed by atoms with Crippen molar-refractivity contribution in [1.29, 1.82) is 0 Å². The van der Waals surface area contributed by atoms with E-state index in [1.54, 1.807) is 25.7 Å². The Balaban J connectivity index is 1.99. The van der Waals surface area contributed by atoms with E-state index in [1.165, 1.54) is 0 Å². The molecular formula is C16H20ClF3N2O3. The minimum absolute atomic E-state index is 0.0807. The summed E-state index contributed by atoms with van der Waals surface area (Å²) in [6.45, 7) is 5.95. The van der Waals surface area contributed by atoms with Gasteiger partial charge in [-0.3, -0.25) is 0 Å². The molecule has 0 unspecified atom stereocenters. The van der Waals surface area contributed by atoms with Gasteiger partial charge in [-0.2, -0.15) is 13.2 Å². The summed E-state index contributed by atoms with van der Waals surface area (Å²) in [6.07, 6.45) is -2.79. The fourth-order valence-corrected chi connectivity index (χ4v) is 2.65. The van der Waals surface area contributed by atoms with E-state index in [9.17, 15) is 18.0 Å². The third kappa shape index (κ3) is 5.39. The highest BCUT2D eigenvalue weighted by molar-refractivity contribution is 6.31. The van der Waals surface area contributed by atoms with Crippen molar-refractivity contribution in [2.45, 2.75) is 51.4 Å². The quantitative estimate of drug-likeness (QED) is 0.773. The van der Waals surface area contributed by atoms with Crippen molar-refractivity contribution in [2.75, 3.05) is 13.2 Å². The zero-order valence-corrected chi connectivity index (χ0v) is 14.9. The van der Waals surface area contributed by atoms with E-state index >= 15 is 0 Å². The van der Waals surface area contributed by atoms with Gasteiger partial charge in [0.25, 0.3) is 0 Å². The molecule has 140 valence electrons. The summed E-state index contributed by atoms with van der Waals surface area (Å²) >= 11 is 5.81. The standard InChI is InChI=1S/C16H20ClF3N2O3/c1-15(2,3)25-14(23)22-6-4-5-11(22)9-24-13-12(17)7-10(8-21-13)16(18,19)20/h7-8,11H,4-6,9H2,1-3H3/t11-/m1/s1. The normalized spacial score (nSPS) is 18.4. The van der Waals surface area contributed by atoms with Gasteiger partial charge in [0.2, 0.25) is 5.88 Å². The van der Waals surface area contributed by atoms with Crippen molar-refractivity contribution in [3.8, 4) is 5.88 Å². The summed E-state index contributed by atoms with van der Waals surface area (Å²) in [4.78, 5) is 17.4. The van der Waals surface area contributed by atoms with Crippen LogP contribution in [0.25, 0.3) is 0 Å². The third-order valence-corrected chi connectivity index (χ3v) is 3.82. The molecule has 0 saturated carbocycles. The molecule has 0 N–H and O–H groups in total. The molecule has 0 spiro atoms. The Morgan fingerprint density at radius 3 is 2.64 bits per heavy atom. The van der Waals surface area contributed by atoms with Crippen LogP contribution in [0.2, 0.25) is 5.02 Å². The molecule has 9 heteroatoms. The van der Waals surface area contributed by atoms with Crippen LogP contribution < -0.4 is 4.74 Å². The van der Waals surface area contributed by atoms with Gasteiger partial charge in [-0.15, -0.1) is 0 Å². The van der Waals surface area contributed by atoms with E-state index in [4.69, 9.17) is 21.1 Å². The van der Waals surface area contributed by atoms with Crippen LogP contribution in [0.1, 0.15) is 39.2 Å². The van der Waals surface area contributed by atoms with Gasteiger partial charge >= 0.3 is 12.3 Å². The van der Waals surface area contributed by atoms with Crippen molar-refractivity contribution in [3.05, 3.63) is 22.8 Å². The lowest BCUT2D eigenvalue weighted by molar-refractivity contribution is -0.137. The maximum absolute atomic E-state index is 12.6. The van der Waals surface area contributed by atoms with Gasteiger partial charge in [0.05, 0.1) is 11.6 Å². The third-order valence-electron chi connectivity index (χ3n) is 3.55. The first-order valence-electron chi connectivity index (χ1n) is 7.82. The Labute approximate surface area is 149 Å². The molecule has 1 aromatic rings. The molecule has 1 aliphatic heterocycles. The highest BCUT2D eigenvalue weighted by Crippen LogP contribution is 2.33. The molecule has 2 rings (SSSR count). The number of likely N-dealkylation sites (tertiary alicyclic amines) is 1. The number of ether oxygens (including phenoxy) is 2. The molecule has 1 aromatic heterocycles. The van der Waals surface area contributed by atoms with Crippen LogP contribution in [0.4, 0.5) is 18.0 Å². The summed E-state index contributed by atoms with van der Waals surface area (Å²) < 4.78 is 48.6. The number of carbonyl (C=O) groups excluding carboxylic acids is 1. The predicted octanol–water partition coefficient (Wildman–Crippen LogP) is 4.53. The molecule has 1 saturated heterocycles. The highest BCUT2D eigenvalue weighted by Gasteiger charge is 2.34. The van der Waals surface area contributed by atoms with Gasteiger partial charge in [0.15, 0.2) is 0 Å². The predicted molar refractivity (Wildman–Crippen MR) is 85.7 cm³/mol. The van der Waals surface area contributed by atoms with Crippen LogP contribution in [0.5, 0.6) is 5.88 Å². The van der Waals surface area contributed by atoms with Crippen LogP contribution >= 0.6 is 11.6 Å². The van der Waals surface area contributed by atoms with E-state index in [1.807, 2.05) is 0 Å². The number of pyridine rings is 1. The second-order valence-corrected chi connectivity index (χ2v) is 7.20.